The van der Waals surface area contributed by atoms with Crippen LogP contribution in [0.15, 0.2) is 53.0 Å². The first kappa shape index (κ1) is 15.7. The highest BCUT2D eigenvalue weighted by Gasteiger charge is 2.08. The van der Waals surface area contributed by atoms with Crippen molar-refractivity contribution in [2.24, 2.45) is 0 Å². The number of amides is 1. The molecule has 0 heterocycles. The lowest BCUT2D eigenvalue weighted by atomic mass is 10.2. The Balaban J connectivity index is 1.86. The predicted molar refractivity (Wildman–Crippen MR) is 85.5 cm³/mol. The van der Waals surface area contributed by atoms with Gasteiger partial charge in [-0.05, 0) is 42.9 Å². The lowest BCUT2D eigenvalue weighted by Gasteiger charge is -2.16. The fraction of sp³-hybridized carbons (Fsp3) is 0.188. The second-order valence-corrected chi connectivity index (χ2v) is 5.77. The van der Waals surface area contributed by atoms with Crippen molar-refractivity contribution < 1.29 is 9.18 Å². The Morgan fingerprint density at radius 2 is 1.95 bits per heavy atom. The van der Waals surface area contributed by atoms with Crippen molar-refractivity contribution in [3.63, 3.8) is 0 Å². The van der Waals surface area contributed by atoms with E-state index in [1.165, 1.54) is 12.1 Å². The topological polar surface area (TPSA) is 32.3 Å². The summed E-state index contributed by atoms with van der Waals surface area (Å²) in [5.41, 5.74) is 1.72. The van der Waals surface area contributed by atoms with E-state index in [2.05, 4.69) is 21.2 Å². The Hall–Kier alpha value is -1.72. The van der Waals surface area contributed by atoms with Crippen LogP contribution in [-0.2, 0) is 11.3 Å². The van der Waals surface area contributed by atoms with Gasteiger partial charge in [-0.15, -0.1) is 0 Å². The molecular weight excluding hydrogens is 335 g/mol. The van der Waals surface area contributed by atoms with Crippen molar-refractivity contribution in [3.8, 4) is 0 Å². The Morgan fingerprint density at radius 1 is 1.24 bits per heavy atom. The van der Waals surface area contributed by atoms with E-state index in [1.807, 2.05) is 36.2 Å². The molecule has 2 aromatic rings. The van der Waals surface area contributed by atoms with Crippen molar-refractivity contribution in [1.82, 2.24) is 4.90 Å². The van der Waals surface area contributed by atoms with E-state index < -0.39 is 0 Å². The van der Waals surface area contributed by atoms with Gasteiger partial charge in [-0.1, -0.05) is 34.1 Å². The number of likely N-dealkylation sites (N-methyl/N-ethyl adjacent to an activating group) is 1. The standard InChI is InChI=1S/C16H16BrFN2O/c1-20(10-12-5-7-14(18)8-6-12)11-16(21)19-15-4-2-3-13(17)9-15/h2-9H,10-11H2,1H3,(H,19,21). The molecule has 0 aliphatic carbocycles. The molecule has 0 radical (unpaired) electrons. The van der Waals surface area contributed by atoms with E-state index in [9.17, 15) is 9.18 Å². The zero-order chi connectivity index (χ0) is 15.2. The van der Waals surface area contributed by atoms with Gasteiger partial charge in [0, 0.05) is 16.7 Å². The highest BCUT2D eigenvalue weighted by molar-refractivity contribution is 9.10. The molecule has 0 saturated heterocycles. The third-order valence-electron chi connectivity index (χ3n) is 2.89. The molecule has 0 aliphatic rings. The Bertz CT molecular complexity index is 616. The van der Waals surface area contributed by atoms with Gasteiger partial charge in [0.1, 0.15) is 5.82 Å². The minimum absolute atomic E-state index is 0.0855. The summed E-state index contributed by atoms with van der Waals surface area (Å²) in [6.07, 6.45) is 0. The third kappa shape index (κ3) is 5.28. The Kier molecular flexibility index (Phi) is 5.47. The number of hydrogen-bond donors (Lipinski definition) is 1. The SMILES string of the molecule is CN(CC(=O)Nc1cccc(Br)c1)Cc1ccc(F)cc1. The molecule has 0 bridgehead atoms. The van der Waals surface area contributed by atoms with Crippen LogP contribution < -0.4 is 5.32 Å². The van der Waals surface area contributed by atoms with Crippen molar-refractivity contribution in [2.75, 3.05) is 18.9 Å². The van der Waals surface area contributed by atoms with Crippen LogP contribution in [0.5, 0.6) is 0 Å². The van der Waals surface area contributed by atoms with Crippen LogP contribution in [0.1, 0.15) is 5.56 Å². The van der Waals surface area contributed by atoms with Crippen LogP contribution in [0.25, 0.3) is 0 Å². The maximum atomic E-state index is 12.8. The van der Waals surface area contributed by atoms with E-state index in [4.69, 9.17) is 0 Å². The number of nitrogens with zero attached hydrogens (tertiary/aromatic N) is 1. The Morgan fingerprint density at radius 3 is 2.62 bits per heavy atom. The van der Waals surface area contributed by atoms with Crippen molar-refractivity contribution in [3.05, 3.63) is 64.4 Å². The van der Waals surface area contributed by atoms with Crippen LogP contribution in [0.2, 0.25) is 0 Å². The summed E-state index contributed by atoms with van der Waals surface area (Å²) in [7, 11) is 1.85. The number of nitrogens with one attached hydrogen (secondary N) is 1. The van der Waals surface area contributed by atoms with Gasteiger partial charge >= 0.3 is 0 Å². The van der Waals surface area contributed by atoms with Crippen molar-refractivity contribution in [1.29, 1.82) is 0 Å². The fourth-order valence-corrected chi connectivity index (χ4v) is 2.37. The molecule has 110 valence electrons. The highest BCUT2D eigenvalue weighted by Crippen LogP contribution is 2.15. The molecule has 0 atom stereocenters. The molecule has 5 heteroatoms. The molecular formula is C16H16BrFN2O. The second-order valence-electron chi connectivity index (χ2n) is 4.86. The van der Waals surface area contributed by atoms with E-state index in [0.29, 0.717) is 6.54 Å². The van der Waals surface area contributed by atoms with Crippen molar-refractivity contribution >= 4 is 27.5 Å². The number of anilines is 1. The lowest BCUT2D eigenvalue weighted by molar-refractivity contribution is -0.117. The van der Waals surface area contributed by atoms with E-state index in [0.717, 1.165) is 15.7 Å². The maximum Gasteiger partial charge on any atom is 0.238 e. The number of carbonyl (C=O) groups is 1. The molecule has 2 rings (SSSR count). The number of rotatable bonds is 5. The first-order valence-electron chi connectivity index (χ1n) is 6.51. The summed E-state index contributed by atoms with van der Waals surface area (Å²) in [5.74, 6) is -0.341. The molecule has 1 amide bonds. The average Bonchev–Trinajstić information content (AvgIpc) is 2.41. The molecule has 0 unspecified atom stereocenters. The molecule has 0 aromatic heterocycles. The monoisotopic (exact) mass is 350 g/mol. The quantitative estimate of drug-likeness (QED) is 0.892. The normalized spacial score (nSPS) is 10.7. The average molecular weight is 351 g/mol. The molecule has 0 spiro atoms. The number of hydrogen-bond acceptors (Lipinski definition) is 2. The van der Waals surface area contributed by atoms with E-state index in [1.54, 1.807) is 12.1 Å². The lowest BCUT2D eigenvalue weighted by Crippen LogP contribution is -2.29. The van der Waals surface area contributed by atoms with Gasteiger partial charge in [-0.3, -0.25) is 9.69 Å². The number of benzene rings is 2. The zero-order valence-electron chi connectivity index (χ0n) is 11.6. The Labute approximate surface area is 131 Å². The highest BCUT2D eigenvalue weighted by atomic mass is 79.9. The number of carbonyl (C=O) groups excluding carboxylic acids is 1. The molecule has 21 heavy (non-hydrogen) atoms. The zero-order valence-corrected chi connectivity index (χ0v) is 13.2. The van der Waals surface area contributed by atoms with Gasteiger partial charge in [0.05, 0.1) is 6.54 Å². The second kappa shape index (κ2) is 7.33. The van der Waals surface area contributed by atoms with Gasteiger partial charge < -0.3 is 5.32 Å². The van der Waals surface area contributed by atoms with Crippen LogP contribution in [0.4, 0.5) is 10.1 Å². The summed E-state index contributed by atoms with van der Waals surface area (Å²) >= 11 is 3.36. The predicted octanol–water partition coefficient (Wildman–Crippen LogP) is 3.66. The summed E-state index contributed by atoms with van der Waals surface area (Å²) in [6, 6.07) is 13.7. The molecule has 3 nitrogen and oxygen atoms in total. The smallest absolute Gasteiger partial charge is 0.238 e. The van der Waals surface area contributed by atoms with Crippen LogP contribution >= 0.6 is 15.9 Å². The van der Waals surface area contributed by atoms with Gasteiger partial charge in [0.2, 0.25) is 5.91 Å². The summed E-state index contributed by atoms with van der Waals surface area (Å²) < 4.78 is 13.7. The minimum atomic E-state index is -0.256. The summed E-state index contributed by atoms with van der Waals surface area (Å²) in [6.45, 7) is 0.857. The van der Waals surface area contributed by atoms with E-state index in [-0.39, 0.29) is 18.3 Å². The summed E-state index contributed by atoms with van der Waals surface area (Å²) in [4.78, 5) is 13.8. The molecule has 2 aromatic carbocycles. The minimum Gasteiger partial charge on any atom is -0.325 e. The van der Waals surface area contributed by atoms with Crippen molar-refractivity contribution in [2.45, 2.75) is 6.54 Å². The van der Waals surface area contributed by atoms with Gasteiger partial charge in [-0.25, -0.2) is 4.39 Å². The summed E-state index contributed by atoms with van der Waals surface area (Å²) in [5, 5.41) is 2.84. The van der Waals surface area contributed by atoms with E-state index >= 15 is 0 Å². The third-order valence-corrected chi connectivity index (χ3v) is 3.38. The van der Waals surface area contributed by atoms with Gasteiger partial charge in [0.25, 0.3) is 0 Å². The first-order valence-corrected chi connectivity index (χ1v) is 7.30. The number of halogens is 2. The fourth-order valence-electron chi connectivity index (χ4n) is 1.97. The van der Waals surface area contributed by atoms with Crippen LogP contribution in [0, 0.1) is 5.82 Å². The molecule has 0 fully saturated rings. The van der Waals surface area contributed by atoms with Crippen LogP contribution in [0.3, 0.4) is 0 Å². The largest absolute Gasteiger partial charge is 0.325 e. The maximum absolute atomic E-state index is 12.8. The molecule has 0 saturated carbocycles. The first-order chi connectivity index (χ1) is 10.0. The van der Waals surface area contributed by atoms with Crippen LogP contribution in [-0.4, -0.2) is 24.4 Å². The van der Waals surface area contributed by atoms with Gasteiger partial charge in [0.15, 0.2) is 0 Å². The molecule has 1 N–H and O–H groups in total. The molecule has 0 aliphatic heterocycles. The van der Waals surface area contributed by atoms with Gasteiger partial charge in [-0.2, -0.15) is 0 Å².